The van der Waals surface area contributed by atoms with E-state index >= 15 is 0 Å². The number of fused-ring (bicyclic) bond motifs is 1. The Morgan fingerprint density at radius 3 is 2.83 bits per heavy atom. The van der Waals surface area contributed by atoms with Gasteiger partial charge in [0.25, 0.3) is 0 Å². The number of hydrogen-bond donors (Lipinski definition) is 2. The average Bonchev–Trinajstić information content (AvgIpc) is 3.10. The molecule has 18 heavy (non-hydrogen) atoms. The van der Waals surface area contributed by atoms with Crippen LogP contribution < -0.4 is 5.69 Å². The number of nitrogens with one attached hydrogen (secondary N) is 1. The number of aromatic carboxylic acids is 1. The monoisotopic (exact) mass is 246 g/mol. The van der Waals surface area contributed by atoms with Crippen LogP contribution in [0, 0.1) is 5.92 Å². The lowest BCUT2D eigenvalue weighted by atomic mass is 10.1. The van der Waals surface area contributed by atoms with Gasteiger partial charge in [0.2, 0.25) is 0 Å². The van der Waals surface area contributed by atoms with Crippen LogP contribution in [0.4, 0.5) is 0 Å². The van der Waals surface area contributed by atoms with E-state index in [9.17, 15) is 9.59 Å². The summed E-state index contributed by atoms with van der Waals surface area (Å²) in [7, 11) is 0. The molecule has 2 aromatic rings. The molecule has 0 radical (unpaired) electrons. The first-order valence-corrected chi connectivity index (χ1v) is 6.05. The summed E-state index contributed by atoms with van der Waals surface area (Å²) in [5.74, 6) is -0.415. The van der Waals surface area contributed by atoms with E-state index in [0.29, 0.717) is 11.4 Å². The van der Waals surface area contributed by atoms with Crippen molar-refractivity contribution in [2.45, 2.75) is 25.8 Å². The maximum Gasteiger partial charge on any atom is 0.335 e. The molecule has 5 heteroatoms. The van der Waals surface area contributed by atoms with Gasteiger partial charge in [-0.15, -0.1) is 0 Å². The van der Waals surface area contributed by atoms with E-state index in [-0.39, 0.29) is 17.3 Å². The topological polar surface area (TPSA) is 75.1 Å². The molecule has 0 saturated heterocycles. The van der Waals surface area contributed by atoms with Crippen molar-refractivity contribution in [2.75, 3.05) is 0 Å². The van der Waals surface area contributed by atoms with Crippen molar-refractivity contribution in [3.63, 3.8) is 0 Å². The maximum atomic E-state index is 12.0. The molecule has 0 aliphatic heterocycles. The zero-order valence-electron chi connectivity index (χ0n) is 10.0. The van der Waals surface area contributed by atoms with Gasteiger partial charge in [-0.3, -0.25) is 4.57 Å². The molecule has 0 bridgehead atoms. The molecule has 1 aliphatic carbocycles. The Bertz CT molecular complexity index is 679. The van der Waals surface area contributed by atoms with Crippen molar-refractivity contribution in [2.24, 2.45) is 5.92 Å². The normalized spacial score (nSPS) is 16.9. The van der Waals surface area contributed by atoms with Crippen LogP contribution in [-0.4, -0.2) is 20.6 Å². The second-order valence-corrected chi connectivity index (χ2v) is 4.92. The van der Waals surface area contributed by atoms with Crippen LogP contribution in [0.1, 0.15) is 36.2 Å². The Balaban J connectivity index is 2.17. The van der Waals surface area contributed by atoms with Crippen LogP contribution in [0.3, 0.4) is 0 Å². The molecular formula is C13H14N2O3. The zero-order valence-corrected chi connectivity index (χ0v) is 10.0. The summed E-state index contributed by atoms with van der Waals surface area (Å²) < 4.78 is 1.73. The summed E-state index contributed by atoms with van der Waals surface area (Å²) in [6.45, 7) is 2.04. The highest BCUT2D eigenvalue weighted by Gasteiger charge is 2.31. The Hall–Kier alpha value is -2.04. The molecule has 5 nitrogen and oxygen atoms in total. The first kappa shape index (κ1) is 11.1. The van der Waals surface area contributed by atoms with Gasteiger partial charge in [0.15, 0.2) is 0 Å². The number of imidazole rings is 1. The van der Waals surface area contributed by atoms with Crippen LogP contribution in [0.2, 0.25) is 0 Å². The van der Waals surface area contributed by atoms with Gasteiger partial charge in [-0.05, 0) is 43.9 Å². The first-order chi connectivity index (χ1) is 8.58. The Labute approximate surface area is 103 Å². The molecule has 1 aromatic heterocycles. The summed E-state index contributed by atoms with van der Waals surface area (Å²) in [5.41, 5.74) is 1.40. The van der Waals surface area contributed by atoms with Gasteiger partial charge in [0, 0.05) is 6.04 Å². The molecule has 1 atom stereocenters. The number of hydrogen-bond acceptors (Lipinski definition) is 2. The number of aromatic nitrogens is 2. The number of H-pyrrole nitrogens is 1. The van der Waals surface area contributed by atoms with Gasteiger partial charge in [0.05, 0.1) is 16.6 Å². The summed E-state index contributed by atoms with van der Waals surface area (Å²) in [5, 5.41) is 8.93. The van der Waals surface area contributed by atoms with Crippen molar-refractivity contribution < 1.29 is 9.90 Å². The Morgan fingerprint density at radius 1 is 1.50 bits per heavy atom. The fourth-order valence-electron chi connectivity index (χ4n) is 2.46. The summed E-state index contributed by atoms with van der Waals surface area (Å²) >= 11 is 0. The molecule has 1 aliphatic rings. The molecule has 1 saturated carbocycles. The van der Waals surface area contributed by atoms with Crippen molar-refractivity contribution in [1.82, 2.24) is 9.55 Å². The minimum absolute atomic E-state index is 0.160. The predicted molar refractivity (Wildman–Crippen MR) is 67.0 cm³/mol. The predicted octanol–water partition coefficient (Wildman–Crippen LogP) is 2.00. The quantitative estimate of drug-likeness (QED) is 0.869. The van der Waals surface area contributed by atoms with E-state index in [1.54, 1.807) is 10.6 Å². The largest absolute Gasteiger partial charge is 0.478 e. The lowest BCUT2D eigenvalue weighted by Crippen LogP contribution is -2.21. The van der Waals surface area contributed by atoms with E-state index in [1.807, 2.05) is 6.92 Å². The highest BCUT2D eigenvalue weighted by atomic mass is 16.4. The fourth-order valence-corrected chi connectivity index (χ4v) is 2.46. The molecule has 1 aromatic carbocycles. The molecule has 0 spiro atoms. The van der Waals surface area contributed by atoms with Crippen LogP contribution in [0.5, 0.6) is 0 Å². The second kappa shape index (κ2) is 3.73. The molecular weight excluding hydrogens is 232 g/mol. The third-order valence-corrected chi connectivity index (χ3v) is 3.67. The molecule has 94 valence electrons. The fraction of sp³-hybridized carbons (Fsp3) is 0.385. The van der Waals surface area contributed by atoms with Crippen LogP contribution in [0.15, 0.2) is 23.0 Å². The van der Waals surface area contributed by atoms with E-state index < -0.39 is 5.97 Å². The maximum absolute atomic E-state index is 12.0. The third-order valence-electron chi connectivity index (χ3n) is 3.67. The second-order valence-electron chi connectivity index (χ2n) is 4.92. The van der Waals surface area contributed by atoms with Gasteiger partial charge in [-0.2, -0.15) is 0 Å². The van der Waals surface area contributed by atoms with Crippen molar-refractivity contribution >= 4 is 17.0 Å². The summed E-state index contributed by atoms with van der Waals surface area (Å²) in [4.78, 5) is 25.6. The molecule has 0 amide bonds. The highest BCUT2D eigenvalue weighted by Crippen LogP contribution is 2.39. The Kier molecular flexibility index (Phi) is 2.29. The molecule has 2 N–H and O–H groups in total. The van der Waals surface area contributed by atoms with E-state index in [4.69, 9.17) is 5.11 Å². The van der Waals surface area contributed by atoms with Crippen LogP contribution in [-0.2, 0) is 0 Å². The van der Waals surface area contributed by atoms with Crippen LogP contribution in [0.25, 0.3) is 11.0 Å². The minimum Gasteiger partial charge on any atom is -0.478 e. The van der Waals surface area contributed by atoms with Gasteiger partial charge >= 0.3 is 11.7 Å². The highest BCUT2D eigenvalue weighted by molar-refractivity contribution is 5.92. The van der Waals surface area contributed by atoms with Crippen molar-refractivity contribution in [3.05, 3.63) is 34.2 Å². The van der Waals surface area contributed by atoms with Crippen molar-refractivity contribution in [1.29, 1.82) is 0 Å². The number of benzene rings is 1. The van der Waals surface area contributed by atoms with E-state index in [2.05, 4.69) is 4.98 Å². The third kappa shape index (κ3) is 1.63. The van der Waals surface area contributed by atoms with Crippen molar-refractivity contribution in [3.8, 4) is 0 Å². The number of nitrogens with zero attached hydrogens (tertiary/aromatic N) is 1. The van der Waals surface area contributed by atoms with Gasteiger partial charge in [-0.25, -0.2) is 9.59 Å². The molecule has 1 unspecified atom stereocenters. The van der Waals surface area contributed by atoms with Gasteiger partial charge in [-0.1, -0.05) is 0 Å². The van der Waals surface area contributed by atoms with Gasteiger partial charge < -0.3 is 10.1 Å². The molecule has 1 fully saturated rings. The lowest BCUT2D eigenvalue weighted by molar-refractivity contribution is 0.0697. The molecule has 3 rings (SSSR count). The summed E-state index contributed by atoms with van der Waals surface area (Å²) in [6, 6.07) is 4.92. The van der Waals surface area contributed by atoms with E-state index in [0.717, 1.165) is 18.4 Å². The number of rotatable bonds is 3. The number of carboxylic acids is 1. The molecule has 1 heterocycles. The standard InChI is InChI=1S/C13H14N2O3/c1-7(8-2-3-8)15-11-5-4-9(12(16)17)6-10(11)14-13(15)18/h4-8H,2-3H2,1H3,(H,14,18)(H,16,17). The smallest absolute Gasteiger partial charge is 0.335 e. The first-order valence-electron chi connectivity index (χ1n) is 6.05. The Morgan fingerprint density at radius 2 is 2.22 bits per heavy atom. The number of carboxylic acid groups (broad SMARTS) is 1. The summed E-state index contributed by atoms with van der Waals surface area (Å²) in [6.07, 6.45) is 2.32. The van der Waals surface area contributed by atoms with Crippen LogP contribution >= 0.6 is 0 Å². The number of carbonyl (C=O) groups is 1. The minimum atomic E-state index is -0.985. The SMILES string of the molecule is CC(C1CC1)n1c(=O)[nH]c2cc(C(=O)O)ccc21. The number of aromatic amines is 1. The lowest BCUT2D eigenvalue weighted by Gasteiger charge is -2.11. The van der Waals surface area contributed by atoms with E-state index in [1.165, 1.54) is 12.1 Å². The van der Waals surface area contributed by atoms with Gasteiger partial charge in [0.1, 0.15) is 0 Å². The zero-order chi connectivity index (χ0) is 12.9. The average molecular weight is 246 g/mol.